The second-order valence-electron chi connectivity index (χ2n) is 8.75. The van der Waals surface area contributed by atoms with Crippen LogP contribution in [0.15, 0.2) is 60.7 Å². The molecule has 1 fully saturated rings. The Bertz CT molecular complexity index is 1250. The van der Waals surface area contributed by atoms with Crippen LogP contribution in [0.5, 0.6) is 0 Å². The number of nitrogens with zero attached hydrogens (tertiary/aromatic N) is 2. The van der Waals surface area contributed by atoms with Gasteiger partial charge < -0.3 is 14.5 Å². The maximum absolute atomic E-state index is 12.9. The van der Waals surface area contributed by atoms with Gasteiger partial charge in [0, 0.05) is 48.9 Å². The first-order valence-electron chi connectivity index (χ1n) is 11.5. The number of rotatable bonds is 4. The lowest BCUT2D eigenvalue weighted by Crippen LogP contribution is -2.49. The van der Waals surface area contributed by atoms with Gasteiger partial charge in [-0.15, -0.1) is 6.42 Å². The molecule has 0 N–H and O–H groups in total. The second kappa shape index (κ2) is 9.07. The van der Waals surface area contributed by atoms with Gasteiger partial charge in [-0.3, -0.25) is 4.79 Å². The lowest BCUT2D eigenvalue weighted by molar-refractivity contribution is 0.0976. The zero-order valence-electron chi connectivity index (χ0n) is 19.2. The Morgan fingerprint density at radius 3 is 2.24 bits per heavy atom. The molecule has 1 aliphatic carbocycles. The largest absolute Gasteiger partial charge is 0.448 e. The van der Waals surface area contributed by atoms with Crippen LogP contribution in [-0.4, -0.2) is 50.1 Å². The van der Waals surface area contributed by atoms with E-state index >= 15 is 0 Å². The van der Waals surface area contributed by atoms with Gasteiger partial charge in [-0.2, -0.15) is 0 Å². The molecule has 2 aliphatic rings. The third kappa shape index (κ3) is 3.82. The summed E-state index contributed by atoms with van der Waals surface area (Å²) in [6.45, 7) is 4.57. The van der Waals surface area contributed by atoms with Crippen molar-refractivity contribution in [3.05, 3.63) is 88.5 Å². The van der Waals surface area contributed by atoms with Gasteiger partial charge in [-0.1, -0.05) is 54.5 Å². The maximum atomic E-state index is 12.9. The third-order valence-electron chi connectivity index (χ3n) is 6.95. The fourth-order valence-electron chi connectivity index (χ4n) is 5.01. The molecule has 0 unspecified atom stereocenters. The average Bonchev–Trinajstić information content (AvgIpc) is 3.21. The normalized spacial score (nSPS) is 14.8. The number of benzene rings is 3. The van der Waals surface area contributed by atoms with Crippen LogP contribution < -0.4 is 4.90 Å². The van der Waals surface area contributed by atoms with Gasteiger partial charge in [0.05, 0.1) is 0 Å². The van der Waals surface area contributed by atoms with Crippen molar-refractivity contribution in [3.8, 4) is 23.5 Å². The first-order valence-corrected chi connectivity index (χ1v) is 11.5. The predicted molar refractivity (Wildman–Crippen MR) is 133 cm³/mol. The molecule has 0 radical (unpaired) electrons. The first kappa shape index (κ1) is 21.8. The van der Waals surface area contributed by atoms with Crippen LogP contribution in [0, 0.1) is 19.3 Å². The highest BCUT2D eigenvalue weighted by molar-refractivity contribution is 5.82. The van der Waals surface area contributed by atoms with Crippen molar-refractivity contribution in [1.82, 2.24) is 4.90 Å². The highest BCUT2D eigenvalue weighted by Gasteiger charge is 2.30. The van der Waals surface area contributed by atoms with Gasteiger partial charge in [-0.25, -0.2) is 4.79 Å². The Morgan fingerprint density at radius 1 is 1.03 bits per heavy atom. The first-order chi connectivity index (χ1) is 16.6. The third-order valence-corrected chi connectivity index (χ3v) is 6.95. The molecular formula is C29H26N2O3. The van der Waals surface area contributed by atoms with Gasteiger partial charge in [0.1, 0.15) is 12.9 Å². The Hall–Kier alpha value is -4.04. The molecule has 0 atom stereocenters. The Labute approximate surface area is 200 Å². The van der Waals surface area contributed by atoms with Crippen LogP contribution in [0.4, 0.5) is 10.5 Å². The summed E-state index contributed by atoms with van der Waals surface area (Å²) in [4.78, 5) is 28.2. The number of hydrogen-bond donors (Lipinski definition) is 0. The molecule has 3 aromatic carbocycles. The summed E-state index contributed by atoms with van der Waals surface area (Å²) >= 11 is 0. The molecule has 1 aliphatic heterocycles. The summed E-state index contributed by atoms with van der Waals surface area (Å²) in [6.07, 6.45) is 6.18. The fraction of sp³-hybridized carbons (Fsp3) is 0.241. The summed E-state index contributed by atoms with van der Waals surface area (Å²) < 4.78 is 5.80. The van der Waals surface area contributed by atoms with Crippen molar-refractivity contribution < 1.29 is 14.3 Å². The minimum absolute atomic E-state index is 0.0501. The SMILES string of the molecule is C#Cc1cc(N2CCN(C(=O)OCC3c4ccccc4-c4ccccc43)CC2)cc(C=O)c1C. The molecule has 3 aromatic rings. The molecule has 0 saturated carbocycles. The lowest BCUT2D eigenvalue weighted by atomic mass is 9.98. The van der Waals surface area contributed by atoms with Crippen molar-refractivity contribution in [2.24, 2.45) is 0 Å². The quantitative estimate of drug-likeness (QED) is 0.421. The van der Waals surface area contributed by atoms with Crippen molar-refractivity contribution >= 4 is 18.1 Å². The summed E-state index contributed by atoms with van der Waals surface area (Å²) in [7, 11) is 0. The molecule has 34 heavy (non-hydrogen) atoms. The predicted octanol–water partition coefficient (Wildman–Crippen LogP) is 4.86. The number of hydrogen-bond acceptors (Lipinski definition) is 4. The standard InChI is InChI=1S/C29H26N2O3/c1-3-21-16-23(17-22(18-32)20(21)2)30-12-14-31(15-13-30)29(33)34-19-28-26-10-6-4-8-24(26)25-9-5-7-11-27(25)28/h1,4-11,16-18,28H,12-15,19H2,2H3. The fourth-order valence-corrected chi connectivity index (χ4v) is 5.01. The van der Waals surface area contributed by atoms with E-state index in [0.717, 1.165) is 23.1 Å². The number of terminal acetylenes is 1. The molecule has 0 bridgehead atoms. The number of piperazine rings is 1. The monoisotopic (exact) mass is 450 g/mol. The van der Waals surface area contributed by atoms with E-state index in [1.807, 2.05) is 43.3 Å². The molecule has 1 heterocycles. The minimum Gasteiger partial charge on any atom is -0.448 e. The summed E-state index contributed by atoms with van der Waals surface area (Å²) in [5.41, 5.74) is 7.89. The Balaban J connectivity index is 1.23. The van der Waals surface area contributed by atoms with Crippen LogP contribution in [-0.2, 0) is 4.74 Å². The number of carbonyl (C=O) groups is 2. The number of carbonyl (C=O) groups excluding carboxylic acids is 2. The van der Waals surface area contributed by atoms with E-state index in [4.69, 9.17) is 11.2 Å². The van der Waals surface area contributed by atoms with Gasteiger partial charge in [0.25, 0.3) is 0 Å². The van der Waals surface area contributed by atoms with E-state index in [2.05, 4.69) is 35.1 Å². The number of fused-ring (bicyclic) bond motifs is 3. The molecule has 5 nitrogen and oxygen atoms in total. The Morgan fingerprint density at radius 2 is 1.65 bits per heavy atom. The van der Waals surface area contributed by atoms with Crippen LogP contribution in [0.1, 0.15) is 38.5 Å². The highest BCUT2D eigenvalue weighted by atomic mass is 16.6. The van der Waals surface area contributed by atoms with Gasteiger partial charge >= 0.3 is 6.09 Å². The van der Waals surface area contributed by atoms with Crippen molar-refractivity contribution in [2.75, 3.05) is 37.7 Å². The highest BCUT2D eigenvalue weighted by Crippen LogP contribution is 2.44. The van der Waals surface area contributed by atoms with Gasteiger partial charge in [-0.05, 0) is 46.9 Å². The zero-order chi connectivity index (χ0) is 23.7. The number of anilines is 1. The van der Waals surface area contributed by atoms with E-state index in [1.54, 1.807) is 4.90 Å². The topological polar surface area (TPSA) is 49.9 Å². The Kier molecular flexibility index (Phi) is 5.81. The minimum atomic E-state index is -0.289. The molecule has 1 amide bonds. The number of aldehydes is 1. The summed E-state index contributed by atoms with van der Waals surface area (Å²) in [5.74, 6) is 2.71. The van der Waals surface area contributed by atoms with Crippen LogP contribution in [0.2, 0.25) is 0 Å². The molecule has 5 heteroatoms. The molecule has 1 saturated heterocycles. The van der Waals surface area contributed by atoms with Gasteiger partial charge in [0.15, 0.2) is 0 Å². The molecule has 0 spiro atoms. The van der Waals surface area contributed by atoms with E-state index in [9.17, 15) is 9.59 Å². The second-order valence-corrected chi connectivity index (χ2v) is 8.75. The van der Waals surface area contributed by atoms with Crippen molar-refractivity contribution in [1.29, 1.82) is 0 Å². The van der Waals surface area contributed by atoms with Crippen LogP contribution >= 0.6 is 0 Å². The smallest absolute Gasteiger partial charge is 0.409 e. The van der Waals surface area contributed by atoms with Crippen molar-refractivity contribution in [3.63, 3.8) is 0 Å². The summed E-state index contributed by atoms with van der Waals surface area (Å²) in [6, 6.07) is 20.4. The lowest BCUT2D eigenvalue weighted by Gasteiger charge is -2.36. The number of amides is 1. The average molecular weight is 451 g/mol. The van der Waals surface area contributed by atoms with Crippen molar-refractivity contribution in [2.45, 2.75) is 12.8 Å². The molecule has 170 valence electrons. The van der Waals surface area contributed by atoms with Gasteiger partial charge in [0.2, 0.25) is 0 Å². The van der Waals surface area contributed by atoms with E-state index in [-0.39, 0.29) is 12.0 Å². The van der Waals surface area contributed by atoms with E-state index in [1.165, 1.54) is 22.3 Å². The molecule has 0 aromatic heterocycles. The molecule has 5 rings (SSSR count). The zero-order valence-corrected chi connectivity index (χ0v) is 19.2. The molecular weight excluding hydrogens is 424 g/mol. The van der Waals surface area contributed by atoms with E-state index < -0.39 is 0 Å². The van der Waals surface area contributed by atoms with Crippen LogP contribution in [0.25, 0.3) is 11.1 Å². The van der Waals surface area contributed by atoms with Crippen LogP contribution in [0.3, 0.4) is 0 Å². The van der Waals surface area contributed by atoms with E-state index in [0.29, 0.717) is 38.3 Å². The maximum Gasteiger partial charge on any atom is 0.409 e. The summed E-state index contributed by atoms with van der Waals surface area (Å²) in [5, 5.41) is 0. The number of ether oxygens (including phenoxy) is 1.